The minimum Gasteiger partial charge on any atom is -0.497 e. The second kappa shape index (κ2) is 7.44. The highest BCUT2D eigenvalue weighted by molar-refractivity contribution is 5.90. The van der Waals surface area contributed by atoms with Crippen LogP contribution in [0.5, 0.6) is 5.75 Å². The molecule has 0 bridgehead atoms. The van der Waals surface area contributed by atoms with Crippen molar-refractivity contribution in [1.29, 1.82) is 5.26 Å². The van der Waals surface area contributed by atoms with Gasteiger partial charge in [0.15, 0.2) is 0 Å². The summed E-state index contributed by atoms with van der Waals surface area (Å²) in [7, 11) is 1.55. The van der Waals surface area contributed by atoms with Crippen LogP contribution in [0.2, 0.25) is 0 Å². The molecule has 0 aliphatic carbocycles. The predicted molar refractivity (Wildman–Crippen MR) is 105 cm³/mol. The Balaban J connectivity index is 1.67. The van der Waals surface area contributed by atoms with Gasteiger partial charge < -0.3 is 14.1 Å². The summed E-state index contributed by atoms with van der Waals surface area (Å²) in [4.78, 5) is 7.45. The molecule has 2 aromatic carbocycles. The normalized spacial score (nSPS) is 12.2. The highest BCUT2D eigenvalue weighted by Gasteiger charge is 2.30. The van der Waals surface area contributed by atoms with Gasteiger partial charge in [-0.3, -0.25) is 0 Å². The van der Waals surface area contributed by atoms with Gasteiger partial charge in [0, 0.05) is 17.7 Å². The molecule has 5 nitrogen and oxygen atoms in total. The summed E-state index contributed by atoms with van der Waals surface area (Å²) in [5.74, 6) is 1.57. The van der Waals surface area contributed by atoms with E-state index >= 15 is 0 Å². The van der Waals surface area contributed by atoms with Crippen LogP contribution in [0, 0.1) is 11.3 Å². The number of aromatic nitrogens is 2. The van der Waals surface area contributed by atoms with Crippen LogP contribution in [0.15, 0.2) is 59.0 Å². The lowest BCUT2D eigenvalue weighted by molar-refractivity contribution is -0.137. The molecule has 2 aromatic heterocycles. The summed E-state index contributed by atoms with van der Waals surface area (Å²) >= 11 is 0. The molecule has 0 saturated carbocycles. The number of furan rings is 1. The van der Waals surface area contributed by atoms with E-state index in [1.54, 1.807) is 37.4 Å². The fourth-order valence-corrected chi connectivity index (χ4v) is 2.97. The monoisotopic (exact) mass is 409 g/mol. The van der Waals surface area contributed by atoms with Crippen LogP contribution in [0.25, 0.3) is 34.0 Å². The van der Waals surface area contributed by atoms with Gasteiger partial charge in [-0.1, -0.05) is 12.1 Å². The number of hydrogen-bond donors (Lipinski definition) is 1. The molecule has 0 aliphatic heterocycles. The zero-order valence-electron chi connectivity index (χ0n) is 15.6. The minimum atomic E-state index is -4.44. The van der Waals surface area contributed by atoms with Crippen LogP contribution in [-0.4, -0.2) is 17.1 Å². The number of methoxy groups -OCH3 is 1. The van der Waals surface area contributed by atoms with Crippen molar-refractivity contribution in [2.45, 2.75) is 6.18 Å². The Bertz CT molecular complexity index is 1290. The maximum Gasteiger partial charge on any atom is 0.416 e. The summed E-state index contributed by atoms with van der Waals surface area (Å²) in [5.41, 5.74) is 1.11. The number of H-pyrrole nitrogens is 1. The number of allylic oxidation sites excluding steroid dienone is 1. The Labute approximate surface area is 169 Å². The van der Waals surface area contributed by atoms with Gasteiger partial charge in [0.1, 0.15) is 29.2 Å². The van der Waals surface area contributed by atoms with E-state index < -0.39 is 11.7 Å². The third-order valence-corrected chi connectivity index (χ3v) is 4.45. The molecule has 0 aliphatic rings. The Morgan fingerprint density at radius 2 is 2.00 bits per heavy atom. The molecular formula is C22H14F3N3O2. The summed E-state index contributed by atoms with van der Waals surface area (Å²) in [6.45, 7) is 0. The van der Waals surface area contributed by atoms with Gasteiger partial charge in [-0.15, -0.1) is 0 Å². The number of halogens is 3. The number of nitrogens with one attached hydrogen (secondary N) is 1. The smallest absolute Gasteiger partial charge is 0.416 e. The second-order valence-corrected chi connectivity index (χ2v) is 6.42. The molecule has 8 heteroatoms. The minimum absolute atomic E-state index is 0.218. The van der Waals surface area contributed by atoms with E-state index in [9.17, 15) is 18.4 Å². The van der Waals surface area contributed by atoms with E-state index in [1.807, 2.05) is 0 Å². The number of hydrogen-bond acceptors (Lipinski definition) is 4. The first-order valence-electron chi connectivity index (χ1n) is 8.81. The van der Waals surface area contributed by atoms with Crippen molar-refractivity contribution in [1.82, 2.24) is 9.97 Å². The number of ether oxygens (including phenoxy) is 1. The largest absolute Gasteiger partial charge is 0.497 e. The molecule has 0 radical (unpaired) electrons. The Hall–Kier alpha value is -3.99. The van der Waals surface area contributed by atoms with Crippen molar-refractivity contribution in [2.24, 2.45) is 0 Å². The highest BCUT2D eigenvalue weighted by atomic mass is 19.4. The summed E-state index contributed by atoms with van der Waals surface area (Å²) in [6, 6.07) is 15.4. The molecule has 0 spiro atoms. The zero-order chi connectivity index (χ0) is 21.3. The molecule has 0 saturated heterocycles. The van der Waals surface area contributed by atoms with E-state index in [4.69, 9.17) is 9.15 Å². The molecule has 0 atom stereocenters. The SMILES string of the molecule is COc1ccc2nc(C(C#N)=Cc3ccc(-c4cccc(C(F)(F)F)c4)o3)[nH]c2c1. The summed E-state index contributed by atoms with van der Waals surface area (Å²) < 4.78 is 49.6. The fraction of sp³-hybridized carbons (Fsp3) is 0.0909. The number of rotatable bonds is 4. The standard InChI is InChI=1S/C22H14F3N3O2/c1-29-16-5-7-18-19(11-16)28-21(27-18)14(12-26)10-17-6-8-20(30-17)13-3-2-4-15(9-13)22(23,24)25/h2-11H,1H3,(H,27,28). The summed E-state index contributed by atoms with van der Waals surface area (Å²) in [5, 5.41) is 9.55. The summed E-state index contributed by atoms with van der Waals surface area (Å²) in [6.07, 6.45) is -2.96. The van der Waals surface area contributed by atoms with Gasteiger partial charge in [0.05, 0.1) is 29.3 Å². The van der Waals surface area contributed by atoms with Gasteiger partial charge in [-0.05, 0) is 36.4 Å². The molecule has 1 N–H and O–H groups in total. The van der Waals surface area contributed by atoms with Crippen molar-refractivity contribution in [3.05, 3.63) is 71.7 Å². The van der Waals surface area contributed by atoms with Crippen molar-refractivity contribution >= 4 is 22.7 Å². The highest BCUT2D eigenvalue weighted by Crippen LogP contribution is 2.33. The first-order chi connectivity index (χ1) is 14.4. The maximum atomic E-state index is 12.9. The second-order valence-electron chi connectivity index (χ2n) is 6.42. The number of fused-ring (bicyclic) bond motifs is 1. The van der Waals surface area contributed by atoms with Gasteiger partial charge in [0.2, 0.25) is 0 Å². The third-order valence-electron chi connectivity index (χ3n) is 4.45. The van der Waals surface area contributed by atoms with Gasteiger partial charge >= 0.3 is 6.18 Å². The Morgan fingerprint density at radius 3 is 2.73 bits per heavy atom. The molecule has 0 amide bonds. The average Bonchev–Trinajstić information content (AvgIpc) is 3.37. The van der Waals surface area contributed by atoms with Crippen LogP contribution in [-0.2, 0) is 6.18 Å². The topological polar surface area (TPSA) is 74.8 Å². The number of benzene rings is 2. The molecule has 0 fully saturated rings. The van der Waals surface area contributed by atoms with E-state index in [-0.39, 0.29) is 11.3 Å². The maximum absolute atomic E-state index is 12.9. The van der Waals surface area contributed by atoms with Crippen LogP contribution >= 0.6 is 0 Å². The van der Waals surface area contributed by atoms with E-state index in [2.05, 4.69) is 16.0 Å². The Morgan fingerprint density at radius 1 is 1.17 bits per heavy atom. The lowest BCUT2D eigenvalue weighted by atomic mass is 10.1. The molecule has 0 unspecified atom stereocenters. The van der Waals surface area contributed by atoms with Crippen LogP contribution in [0.4, 0.5) is 13.2 Å². The van der Waals surface area contributed by atoms with Crippen LogP contribution < -0.4 is 4.74 Å². The van der Waals surface area contributed by atoms with Gasteiger partial charge in [-0.25, -0.2) is 4.98 Å². The number of aromatic amines is 1. The van der Waals surface area contributed by atoms with Crippen LogP contribution in [0.1, 0.15) is 17.1 Å². The fourth-order valence-electron chi connectivity index (χ4n) is 2.97. The molecule has 4 aromatic rings. The van der Waals surface area contributed by atoms with Crippen molar-refractivity contribution in [2.75, 3.05) is 7.11 Å². The molecule has 4 rings (SSSR count). The number of imidazole rings is 1. The molecule has 150 valence electrons. The number of nitriles is 1. The third kappa shape index (κ3) is 3.78. The quantitative estimate of drug-likeness (QED) is 0.425. The van der Waals surface area contributed by atoms with Gasteiger partial charge in [-0.2, -0.15) is 18.4 Å². The lowest BCUT2D eigenvalue weighted by Gasteiger charge is -2.07. The van der Waals surface area contributed by atoms with Crippen LogP contribution in [0.3, 0.4) is 0 Å². The number of nitrogens with zero attached hydrogens (tertiary/aromatic N) is 2. The van der Waals surface area contributed by atoms with E-state index in [1.165, 1.54) is 18.2 Å². The first kappa shape index (κ1) is 19.3. The molecule has 2 heterocycles. The lowest BCUT2D eigenvalue weighted by Crippen LogP contribution is -2.04. The molecular weight excluding hydrogens is 395 g/mol. The van der Waals surface area contributed by atoms with Crippen molar-refractivity contribution in [3.8, 4) is 23.1 Å². The number of alkyl halides is 3. The Kier molecular flexibility index (Phi) is 4.80. The predicted octanol–water partition coefficient (Wildman–Crippen LogP) is 5.91. The van der Waals surface area contributed by atoms with Crippen molar-refractivity contribution < 1.29 is 22.3 Å². The van der Waals surface area contributed by atoms with Gasteiger partial charge in [0.25, 0.3) is 0 Å². The molecule has 30 heavy (non-hydrogen) atoms. The van der Waals surface area contributed by atoms with E-state index in [0.29, 0.717) is 33.9 Å². The van der Waals surface area contributed by atoms with Crippen molar-refractivity contribution in [3.63, 3.8) is 0 Å². The first-order valence-corrected chi connectivity index (χ1v) is 8.81. The zero-order valence-corrected chi connectivity index (χ0v) is 15.6. The van der Waals surface area contributed by atoms with E-state index in [0.717, 1.165) is 12.1 Å². The average molecular weight is 409 g/mol.